The van der Waals surface area contributed by atoms with Gasteiger partial charge in [-0.3, -0.25) is 9.69 Å². The zero-order chi connectivity index (χ0) is 23.2. The molecule has 2 aliphatic carbocycles. The maximum absolute atomic E-state index is 13.0. The number of piperidine rings is 2. The molecule has 0 aromatic heterocycles. The molecule has 2 aliphatic heterocycles. The SMILES string of the molecule is COc1ccc(CCC(=O)O[C@H]2[C@H](O)[C@H]3C[C@H](C)C[C@@]45[C@H]3CCCN4CCC[C@@H]25)cc1OC. The number of carbonyl (C=O) groups excluding carboxylic acids is 1. The van der Waals surface area contributed by atoms with E-state index >= 15 is 0 Å². The number of aliphatic hydroxyl groups is 1. The molecule has 33 heavy (non-hydrogen) atoms. The van der Waals surface area contributed by atoms with Gasteiger partial charge in [0.15, 0.2) is 11.5 Å². The third-order valence-electron chi connectivity index (χ3n) is 9.13. The molecule has 2 heterocycles. The summed E-state index contributed by atoms with van der Waals surface area (Å²) in [5.74, 6) is 2.79. The molecule has 1 N–H and O–H groups in total. The number of aryl methyl sites for hydroxylation is 1. The Morgan fingerprint density at radius 1 is 1.12 bits per heavy atom. The standard InChI is InChI=1S/C27H39NO5/c1-17-14-19-20-6-4-12-28-13-5-7-21(27(20,28)16-17)26(25(19)30)33-24(29)11-9-18-8-10-22(31-2)23(15-18)32-3/h8,10,15,17,19-21,25-26,30H,4-7,9,11-14,16H2,1-3H3/t17-,19-,20-,21-,25+,26+,27-/m0/s1. The first-order valence-electron chi connectivity index (χ1n) is 12.8. The molecule has 4 aliphatic rings. The van der Waals surface area contributed by atoms with Gasteiger partial charge in [-0.1, -0.05) is 13.0 Å². The Labute approximate surface area is 197 Å². The maximum Gasteiger partial charge on any atom is 0.306 e. The summed E-state index contributed by atoms with van der Waals surface area (Å²) in [5.41, 5.74) is 1.13. The van der Waals surface area contributed by atoms with E-state index in [1.54, 1.807) is 14.2 Å². The lowest BCUT2D eigenvalue weighted by Gasteiger charge is -2.68. The van der Waals surface area contributed by atoms with Crippen LogP contribution < -0.4 is 9.47 Å². The fourth-order valence-electron chi connectivity index (χ4n) is 8.02. The first kappa shape index (κ1) is 23.0. The van der Waals surface area contributed by atoms with E-state index in [1.807, 2.05) is 18.2 Å². The van der Waals surface area contributed by atoms with Crippen molar-refractivity contribution < 1.29 is 24.1 Å². The number of rotatable bonds is 6. The zero-order valence-electron chi connectivity index (χ0n) is 20.3. The van der Waals surface area contributed by atoms with E-state index in [2.05, 4.69) is 11.8 Å². The summed E-state index contributed by atoms with van der Waals surface area (Å²) in [6, 6.07) is 5.74. The van der Waals surface area contributed by atoms with E-state index in [0.717, 1.165) is 37.9 Å². The molecule has 182 valence electrons. The van der Waals surface area contributed by atoms with Crippen molar-refractivity contribution in [2.24, 2.45) is 23.7 Å². The molecule has 0 amide bonds. The van der Waals surface area contributed by atoms with Gasteiger partial charge in [0.05, 0.1) is 20.3 Å². The fourth-order valence-corrected chi connectivity index (χ4v) is 8.02. The molecule has 7 atom stereocenters. The molecule has 6 nitrogen and oxygen atoms in total. The summed E-state index contributed by atoms with van der Waals surface area (Å²) in [4.78, 5) is 15.7. The van der Waals surface area contributed by atoms with Crippen LogP contribution in [0.25, 0.3) is 0 Å². The second-order valence-corrected chi connectivity index (χ2v) is 10.8. The van der Waals surface area contributed by atoms with Crippen LogP contribution in [0, 0.1) is 23.7 Å². The number of methoxy groups -OCH3 is 2. The second kappa shape index (κ2) is 9.10. The predicted molar refractivity (Wildman–Crippen MR) is 125 cm³/mol. The lowest BCUT2D eigenvalue weighted by molar-refractivity contribution is -0.243. The molecule has 0 unspecified atom stereocenters. The second-order valence-electron chi connectivity index (χ2n) is 10.8. The number of ether oxygens (including phenoxy) is 3. The highest BCUT2D eigenvalue weighted by Crippen LogP contribution is 2.61. The highest BCUT2D eigenvalue weighted by molar-refractivity contribution is 5.70. The van der Waals surface area contributed by atoms with Crippen LogP contribution in [0.2, 0.25) is 0 Å². The van der Waals surface area contributed by atoms with Gasteiger partial charge in [-0.15, -0.1) is 0 Å². The molecule has 6 heteroatoms. The lowest BCUT2D eigenvalue weighted by atomic mass is 9.47. The maximum atomic E-state index is 13.0. The van der Waals surface area contributed by atoms with Crippen molar-refractivity contribution >= 4 is 5.97 Å². The van der Waals surface area contributed by atoms with Gasteiger partial charge in [-0.25, -0.2) is 0 Å². The molecule has 2 saturated carbocycles. The van der Waals surface area contributed by atoms with Gasteiger partial charge in [0.1, 0.15) is 6.10 Å². The largest absolute Gasteiger partial charge is 0.493 e. The van der Waals surface area contributed by atoms with E-state index in [0.29, 0.717) is 36.2 Å². The minimum Gasteiger partial charge on any atom is -0.493 e. The number of aliphatic hydroxyl groups excluding tert-OH is 1. The monoisotopic (exact) mass is 457 g/mol. The smallest absolute Gasteiger partial charge is 0.306 e. The van der Waals surface area contributed by atoms with Crippen molar-refractivity contribution in [1.29, 1.82) is 0 Å². The van der Waals surface area contributed by atoms with Crippen LogP contribution in [0.15, 0.2) is 18.2 Å². The van der Waals surface area contributed by atoms with E-state index in [1.165, 1.54) is 19.3 Å². The van der Waals surface area contributed by atoms with Crippen molar-refractivity contribution in [3.8, 4) is 11.5 Å². The summed E-state index contributed by atoms with van der Waals surface area (Å²) in [6.45, 7) is 4.66. The van der Waals surface area contributed by atoms with Crippen LogP contribution in [0.5, 0.6) is 11.5 Å². The van der Waals surface area contributed by atoms with Crippen molar-refractivity contribution in [3.63, 3.8) is 0 Å². The minimum absolute atomic E-state index is 0.117. The Morgan fingerprint density at radius 2 is 1.85 bits per heavy atom. The van der Waals surface area contributed by atoms with Crippen LogP contribution in [-0.2, 0) is 16.0 Å². The van der Waals surface area contributed by atoms with Crippen molar-refractivity contribution in [2.45, 2.75) is 76.0 Å². The molecule has 4 fully saturated rings. The summed E-state index contributed by atoms with van der Waals surface area (Å²) < 4.78 is 16.8. The number of hydrogen-bond acceptors (Lipinski definition) is 6. The molecule has 1 aromatic rings. The molecule has 5 rings (SSSR count). The van der Waals surface area contributed by atoms with Gasteiger partial charge in [0.2, 0.25) is 0 Å². The summed E-state index contributed by atoms with van der Waals surface area (Å²) >= 11 is 0. The van der Waals surface area contributed by atoms with Gasteiger partial charge in [0.25, 0.3) is 0 Å². The van der Waals surface area contributed by atoms with E-state index in [-0.39, 0.29) is 29.4 Å². The summed E-state index contributed by atoms with van der Waals surface area (Å²) in [7, 11) is 3.23. The highest BCUT2D eigenvalue weighted by atomic mass is 16.6. The van der Waals surface area contributed by atoms with Crippen LogP contribution in [0.3, 0.4) is 0 Å². The van der Waals surface area contributed by atoms with Gasteiger partial charge < -0.3 is 19.3 Å². The van der Waals surface area contributed by atoms with E-state index in [4.69, 9.17) is 14.2 Å². The van der Waals surface area contributed by atoms with Crippen LogP contribution in [0.4, 0.5) is 0 Å². The van der Waals surface area contributed by atoms with Crippen molar-refractivity contribution in [3.05, 3.63) is 23.8 Å². The summed E-state index contributed by atoms with van der Waals surface area (Å²) in [5, 5.41) is 11.5. The quantitative estimate of drug-likeness (QED) is 0.655. The Balaban J connectivity index is 1.32. The number of nitrogens with zero attached hydrogens (tertiary/aromatic N) is 1. The lowest BCUT2D eigenvalue weighted by Crippen LogP contribution is -2.75. The Morgan fingerprint density at radius 3 is 2.58 bits per heavy atom. The fraction of sp³-hybridized carbons (Fsp3) is 0.741. The number of hydrogen-bond donors (Lipinski definition) is 1. The molecule has 2 saturated heterocycles. The molecule has 1 aromatic carbocycles. The number of benzene rings is 1. The number of esters is 1. The normalized spacial score (nSPS) is 37.7. The average molecular weight is 458 g/mol. The van der Waals surface area contributed by atoms with Crippen molar-refractivity contribution in [1.82, 2.24) is 4.90 Å². The molecular formula is C27H39NO5. The molecule has 0 radical (unpaired) electrons. The molecule has 1 spiro atoms. The molecule has 2 bridgehead atoms. The average Bonchev–Trinajstić information content (AvgIpc) is 2.82. The topological polar surface area (TPSA) is 68.2 Å². The third-order valence-corrected chi connectivity index (χ3v) is 9.13. The first-order chi connectivity index (χ1) is 16.0. The zero-order valence-corrected chi connectivity index (χ0v) is 20.3. The Bertz CT molecular complexity index is 872. The van der Waals surface area contributed by atoms with E-state index in [9.17, 15) is 9.90 Å². The van der Waals surface area contributed by atoms with Gasteiger partial charge in [0, 0.05) is 17.9 Å². The number of carbonyl (C=O) groups is 1. The van der Waals surface area contributed by atoms with Gasteiger partial charge in [-0.05, 0) is 93.5 Å². The van der Waals surface area contributed by atoms with Crippen LogP contribution in [-0.4, -0.2) is 61.0 Å². The third kappa shape index (κ3) is 3.83. The van der Waals surface area contributed by atoms with E-state index < -0.39 is 6.10 Å². The minimum atomic E-state index is -0.543. The molecular weight excluding hydrogens is 418 g/mol. The first-order valence-corrected chi connectivity index (χ1v) is 12.8. The van der Waals surface area contributed by atoms with Gasteiger partial charge >= 0.3 is 5.97 Å². The highest BCUT2D eigenvalue weighted by Gasteiger charge is 2.65. The van der Waals surface area contributed by atoms with Crippen LogP contribution in [0.1, 0.15) is 57.4 Å². The Hall–Kier alpha value is -1.79. The predicted octanol–water partition coefficient (Wildman–Crippen LogP) is 3.83. The summed E-state index contributed by atoms with van der Waals surface area (Å²) in [6.07, 6.45) is 6.81. The van der Waals surface area contributed by atoms with Crippen LogP contribution >= 0.6 is 0 Å². The van der Waals surface area contributed by atoms with Crippen molar-refractivity contribution in [2.75, 3.05) is 27.3 Å². The Kier molecular flexibility index (Phi) is 6.34. The van der Waals surface area contributed by atoms with Gasteiger partial charge in [-0.2, -0.15) is 0 Å².